The molecule has 13 heavy (non-hydrogen) atoms. The van der Waals surface area contributed by atoms with Crippen LogP contribution in [0.1, 0.15) is 5.69 Å². The maximum Gasteiger partial charge on any atom is 0.0644 e. The second kappa shape index (κ2) is 3.92. The Morgan fingerprint density at radius 1 is 1.31 bits per heavy atom. The third kappa shape index (κ3) is 1.75. The monoisotopic (exact) mass is 175 g/mol. The molecule has 3 nitrogen and oxygen atoms in total. The van der Waals surface area contributed by atoms with Gasteiger partial charge >= 0.3 is 0 Å². The van der Waals surface area contributed by atoms with Crippen LogP contribution in [0.2, 0.25) is 0 Å². The maximum absolute atomic E-state index is 8.80. The van der Waals surface area contributed by atoms with Crippen molar-refractivity contribution in [3.05, 3.63) is 49.6 Å². The molecule has 0 aromatic carbocycles. The molecule has 1 aromatic rings. The van der Waals surface area contributed by atoms with Gasteiger partial charge in [0.25, 0.3) is 0 Å². The van der Waals surface area contributed by atoms with Gasteiger partial charge in [0.05, 0.1) is 13.2 Å². The highest BCUT2D eigenvalue weighted by Crippen LogP contribution is 2.29. The minimum absolute atomic E-state index is 0.120. The van der Waals surface area contributed by atoms with Crippen LogP contribution in [0.25, 0.3) is 0 Å². The summed E-state index contributed by atoms with van der Waals surface area (Å²) < 4.78 is 1.80. The zero-order valence-corrected chi connectivity index (χ0v) is 7.22. The molecule has 0 spiro atoms. The summed E-state index contributed by atoms with van der Waals surface area (Å²) in [5, 5.41) is 12.9. The molecule has 67 valence electrons. The van der Waals surface area contributed by atoms with Crippen molar-refractivity contribution in [2.45, 2.75) is 6.54 Å². The van der Waals surface area contributed by atoms with E-state index in [1.165, 1.54) is 0 Å². The summed E-state index contributed by atoms with van der Waals surface area (Å²) in [6.45, 7) is 0.670. The molecule has 3 heteroatoms. The Bertz CT molecular complexity index is 264. The lowest BCUT2D eigenvalue weighted by Crippen LogP contribution is -2.10. The highest BCUT2D eigenvalue weighted by molar-refractivity contribution is 5.46. The molecule has 0 saturated heterocycles. The Labute approximate surface area is 78.4 Å². The van der Waals surface area contributed by atoms with Crippen LogP contribution in [0.4, 0.5) is 0 Å². The van der Waals surface area contributed by atoms with E-state index in [2.05, 4.69) is 5.10 Å². The van der Waals surface area contributed by atoms with E-state index in [4.69, 9.17) is 5.11 Å². The minimum atomic E-state index is 0.120. The predicted molar refractivity (Wildman–Crippen MR) is 48.9 cm³/mol. The van der Waals surface area contributed by atoms with Crippen molar-refractivity contribution in [3.63, 3.8) is 0 Å². The Kier molecular flexibility index (Phi) is 2.64. The largest absolute Gasteiger partial charge is 0.394 e. The highest BCUT2D eigenvalue weighted by atomic mass is 16.3. The summed E-state index contributed by atoms with van der Waals surface area (Å²) in [6.07, 6.45) is 9.80. The summed E-state index contributed by atoms with van der Waals surface area (Å²) in [4.78, 5) is 0. The third-order valence-electron chi connectivity index (χ3n) is 1.99. The van der Waals surface area contributed by atoms with Gasteiger partial charge in [0, 0.05) is 17.8 Å². The summed E-state index contributed by atoms with van der Waals surface area (Å²) in [6, 6.07) is 1.95. The van der Waals surface area contributed by atoms with Gasteiger partial charge in [-0.25, -0.2) is 0 Å². The SMILES string of the molecule is OCCn1nccc1[C]1[CH][CH][CH][CH]1. The molecule has 5 radical (unpaired) electrons. The molecule has 0 atom stereocenters. The van der Waals surface area contributed by atoms with E-state index >= 15 is 0 Å². The first kappa shape index (κ1) is 8.75. The third-order valence-corrected chi connectivity index (χ3v) is 1.99. The van der Waals surface area contributed by atoms with Crippen molar-refractivity contribution in [1.82, 2.24) is 9.78 Å². The van der Waals surface area contributed by atoms with E-state index in [9.17, 15) is 0 Å². The van der Waals surface area contributed by atoms with Gasteiger partial charge in [-0.3, -0.25) is 4.68 Å². The van der Waals surface area contributed by atoms with Crippen LogP contribution in [0.5, 0.6) is 0 Å². The highest BCUT2D eigenvalue weighted by Gasteiger charge is 2.21. The van der Waals surface area contributed by atoms with Gasteiger partial charge in [0.15, 0.2) is 0 Å². The normalized spacial score (nSPS) is 18.2. The standard InChI is InChI=1S/C10H11N2O/c13-8-7-12-10(5-6-11-12)9-3-1-2-4-9/h1-6,13H,7-8H2. The van der Waals surface area contributed by atoms with E-state index in [0.29, 0.717) is 6.54 Å². The molecular formula is C10H11N2O. The topological polar surface area (TPSA) is 38.0 Å². The maximum atomic E-state index is 8.80. The summed E-state index contributed by atoms with van der Waals surface area (Å²) in [5.41, 5.74) is 1.05. The van der Waals surface area contributed by atoms with Gasteiger partial charge in [-0.15, -0.1) is 0 Å². The first-order valence-corrected chi connectivity index (χ1v) is 4.26. The van der Waals surface area contributed by atoms with E-state index < -0.39 is 0 Å². The Morgan fingerprint density at radius 3 is 2.77 bits per heavy atom. The van der Waals surface area contributed by atoms with Crippen LogP contribution >= 0.6 is 0 Å². The van der Waals surface area contributed by atoms with Gasteiger partial charge < -0.3 is 5.11 Å². The predicted octanol–water partition coefficient (Wildman–Crippen LogP) is 0.629. The van der Waals surface area contributed by atoms with Crippen molar-refractivity contribution in [1.29, 1.82) is 0 Å². The number of nitrogens with zero attached hydrogens (tertiary/aromatic N) is 2. The summed E-state index contributed by atoms with van der Waals surface area (Å²) in [5.74, 6) is 1.14. The summed E-state index contributed by atoms with van der Waals surface area (Å²) in [7, 11) is 0. The van der Waals surface area contributed by atoms with Crippen molar-refractivity contribution >= 4 is 0 Å². The van der Waals surface area contributed by atoms with Crippen molar-refractivity contribution in [2.75, 3.05) is 6.61 Å². The van der Waals surface area contributed by atoms with E-state index in [-0.39, 0.29) is 6.61 Å². The zero-order chi connectivity index (χ0) is 9.10. The average Bonchev–Trinajstić information content (AvgIpc) is 2.71. The number of aliphatic hydroxyl groups is 1. The molecule has 1 fully saturated rings. The quantitative estimate of drug-likeness (QED) is 0.731. The first-order valence-electron chi connectivity index (χ1n) is 4.26. The zero-order valence-electron chi connectivity index (χ0n) is 7.22. The number of aromatic nitrogens is 2. The van der Waals surface area contributed by atoms with Gasteiger partial charge in [0.2, 0.25) is 0 Å². The molecule has 1 aliphatic rings. The fraction of sp³-hybridized carbons (Fsp3) is 0.200. The molecule has 1 aromatic heterocycles. The number of hydrogen-bond acceptors (Lipinski definition) is 2. The van der Waals surface area contributed by atoms with Crippen LogP contribution in [0.3, 0.4) is 0 Å². The Morgan fingerprint density at radius 2 is 2.08 bits per heavy atom. The molecular weight excluding hydrogens is 164 g/mol. The van der Waals surface area contributed by atoms with Crippen molar-refractivity contribution in [2.24, 2.45) is 0 Å². The molecule has 0 unspecified atom stereocenters. The smallest absolute Gasteiger partial charge is 0.0644 e. The molecule has 1 N–H and O–H groups in total. The van der Waals surface area contributed by atoms with Gasteiger partial charge in [-0.2, -0.15) is 5.10 Å². The van der Waals surface area contributed by atoms with Crippen LogP contribution < -0.4 is 0 Å². The van der Waals surface area contributed by atoms with Crippen LogP contribution in [-0.4, -0.2) is 21.5 Å². The fourth-order valence-electron chi connectivity index (χ4n) is 1.40. The summed E-state index contributed by atoms with van der Waals surface area (Å²) >= 11 is 0. The molecule has 0 aliphatic heterocycles. The van der Waals surface area contributed by atoms with Gasteiger partial charge in [-0.05, 0) is 31.7 Å². The molecule has 1 saturated carbocycles. The van der Waals surface area contributed by atoms with Crippen LogP contribution in [0.15, 0.2) is 12.3 Å². The molecule has 0 bridgehead atoms. The van der Waals surface area contributed by atoms with E-state index in [1.54, 1.807) is 10.9 Å². The molecule has 1 aliphatic carbocycles. The second-order valence-electron chi connectivity index (χ2n) is 2.84. The fourth-order valence-corrected chi connectivity index (χ4v) is 1.40. The van der Waals surface area contributed by atoms with Gasteiger partial charge in [0.1, 0.15) is 0 Å². The van der Waals surface area contributed by atoms with E-state index in [0.717, 1.165) is 11.6 Å². The van der Waals surface area contributed by atoms with Crippen molar-refractivity contribution in [3.8, 4) is 0 Å². The van der Waals surface area contributed by atoms with E-state index in [1.807, 2.05) is 31.7 Å². The number of hydrogen-bond donors (Lipinski definition) is 1. The van der Waals surface area contributed by atoms with Crippen molar-refractivity contribution < 1.29 is 5.11 Å². The lowest BCUT2D eigenvalue weighted by Gasteiger charge is -2.10. The molecule has 2 rings (SSSR count). The number of aliphatic hydroxyl groups excluding tert-OH is 1. The lowest BCUT2D eigenvalue weighted by atomic mass is 10.0. The Hall–Kier alpha value is -0.830. The first-order chi connectivity index (χ1) is 6.42. The lowest BCUT2D eigenvalue weighted by molar-refractivity contribution is 0.268. The average molecular weight is 175 g/mol. The molecule has 0 amide bonds. The minimum Gasteiger partial charge on any atom is -0.394 e. The second-order valence-corrected chi connectivity index (χ2v) is 2.84. The van der Waals surface area contributed by atoms with Crippen LogP contribution in [-0.2, 0) is 6.54 Å². The number of rotatable bonds is 3. The Balaban J connectivity index is 2.13. The van der Waals surface area contributed by atoms with Crippen LogP contribution in [0, 0.1) is 31.6 Å². The van der Waals surface area contributed by atoms with Gasteiger partial charge in [-0.1, -0.05) is 0 Å². The molecule has 1 heterocycles.